The Morgan fingerprint density at radius 2 is 1.92 bits per heavy atom. The minimum absolute atomic E-state index is 0.848. The monoisotopic (exact) mass is 386 g/mol. The van der Waals surface area contributed by atoms with Crippen molar-refractivity contribution in [2.75, 3.05) is 18.1 Å². The lowest BCUT2D eigenvalue weighted by Crippen LogP contribution is -2.04. The van der Waals surface area contributed by atoms with Gasteiger partial charge in [0.2, 0.25) is 0 Å². The van der Waals surface area contributed by atoms with E-state index in [1.165, 1.54) is 46.2 Å². The Hall–Kier alpha value is -1.40. The number of unbranched alkanes of at least 4 members (excludes halogenated alkanes) is 1. The molecule has 4 rings (SSSR count). The van der Waals surface area contributed by atoms with Crippen molar-refractivity contribution in [1.29, 1.82) is 0 Å². The second-order valence-corrected chi connectivity index (χ2v) is 8.69. The summed E-state index contributed by atoms with van der Waals surface area (Å²) < 4.78 is 1.17. The zero-order chi connectivity index (χ0) is 18.1. The van der Waals surface area contributed by atoms with Crippen molar-refractivity contribution < 1.29 is 0 Å². The van der Waals surface area contributed by atoms with Crippen molar-refractivity contribution in [2.24, 2.45) is 0 Å². The number of aromatic nitrogens is 3. The fourth-order valence-electron chi connectivity index (χ4n) is 3.86. The highest BCUT2D eigenvalue weighted by Gasteiger charge is 2.24. The van der Waals surface area contributed by atoms with E-state index in [0.29, 0.717) is 0 Å². The number of anilines is 1. The summed E-state index contributed by atoms with van der Waals surface area (Å²) in [4.78, 5) is 15.9. The second kappa shape index (κ2) is 7.69. The number of hydrogen-bond acceptors (Lipinski definition) is 6. The first-order valence-corrected chi connectivity index (χ1v) is 11.7. The van der Waals surface area contributed by atoms with E-state index in [1.807, 2.05) is 6.26 Å². The number of nitrogens with zero attached hydrogens (tertiary/aromatic N) is 3. The minimum Gasteiger partial charge on any atom is -0.369 e. The molecule has 0 spiro atoms. The normalized spacial score (nSPS) is 13.7. The van der Waals surface area contributed by atoms with Crippen LogP contribution in [0.25, 0.3) is 20.4 Å². The molecule has 0 amide bonds. The van der Waals surface area contributed by atoms with Gasteiger partial charge in [0.1, 0.15) is 10.6 Å². The zero-order valence-electron chi connectivity index (χ0n) is 15.8. The van der Waals surface area contributed by atoms with Crippen molar-refractivity contribution in [3.05, 3.63) is 16.8 Å². The molecule has 1 N–H and O–H groups in total. The summed E-state index contributed by atoms with van der Waals surface area (Å²) in [5.74, 6) is 0.986. The van der Waals surface area contributed by atoms with Crippen molar-refractivity contribution in [3.8, 4) is 0 Å². The molecule has 26 heavy (non-hydrogen) atoms. The largest absolute Gasteiger partial charge is 0.369 e. The SMILES string of the molecule is CCCCNc1nc(SC)nc2c1sc1nc(CCC)c3c(c12)CCC3. The van der Waals surface area contributed by atoms with Gasteiger partial charge in [-0.3, -0.25) is 0 Å². The fraction of sp³-hybridized carbons (Fsp3) is 0.550. The molecule has 6 heteroatoms. The van der Waals surface area contributed by atoms with Crippen LogP contribution in [-0.4, -0.2) is 27.8 Å². The molecule has 0 saturated heterocycles. The predicted octanol–water partition coefficient (Wildman–Crippen LogP) is 5.61. The molecule has 0 aromatic carbocycles. The van der Waals surface area contributed by atoms with Crippen molar-refractivity contribution in [1.82, 2.24) is 15.0 Å². The lowest BCUT2D eigenvalue weighted by molar-refractivity contribution is 0.828. The standard InChI is InChI=1S/C20H26N4S2/c1-4-6-11-21-18-17-16(23-20(24-18)25-3)15-13-10-7-9-12(13)14(8-5-2)22-19(15)26-17/h4-11H2,1-3H3,(H,21,23,24). The van der Waals surface area contributed by atoms with Crippen LogP contribution in [0.2, 0.25) is 0 Å². The number of thiophene rings is 1. The lowest BCUT2D eigenvalue weighted by atomic mass is 10.0. The summed E-state index contributed by atoms with van der Waals surface area (Å²) in [6, 6.07) is 0. The number of nitrogens with one attached hydrogen (secondary N) is 1. The summed E-state index contributed by atoms with van der Waals surface area (Å²) in [5, 5.41) is 5.70. The summed E-state index contributed by atoms with van der Waals surface area (Å²) in [7, 11) is 0. The van der Waals surface area contributed by atoms with E-state index >= 15 is 0 Å². The summed E-state index contributed by atoms with van der Waals surface area (Å²) in [6.07, 6.45) is 10.2. The van der Waals surface area contributed by atoms with Gasteiger partial charge in [-0.1, -0.05) is 38.5 Å². The van der Waals surface area contributed by atoms with Crippen LogP contribution >= 0.6 is 23.1 Å². The Labute approximate surface area is 163 Å². The Morgan fingerprint density at radius 3 is 2.69 bits per heavy atom. The molecule has 1 aliphatic rings. The molecule has 0 fully saturated rings. The molecule has 0 unspecified atom stereocenters. The van der Waals surface area contributed by atoms with Crippen molar-refractivity contribution >= 4 is 49.3 Å². The maximum atomic E-state index is 5.08. The number of thioether (sulfide) groups is 1. The minimum atomic E-state index is 0.848. The van der Waals surface area contributed by atoms with Gasteiger partial charge in [-0.2, -0.15) is 0 Å². The molecule has 1 aliphatic carbocycles. The van der Waals surface area contributed by atoms with Crippen LogP contribution in [-0.2, 0) is 19.3 Å². The lowest BCUT2D eigenvalue weighted by Gasteiger charge is -2.09. The van der Waals surface area contributed by atoms with Crippen LogP contribution in [0.1, 0.15) is 56.4 Å². The van der Waals surface area contributed by atoms with Gasteiger partial charge in [0.05, 0.1) is 10.2 Å². The first-order chi connectivity index (χ1) is 12.8. The van der Waals surface area contributed by atoms with Crippen LogP contribution in [0.15, 0.2) is 5.16 Å². The summed E-state index contributed by atoms with van der Waals surface area (Å²) in [5.41, 5.74) is 5.44. The Bertz CT molecular complexity index is 948. The van der Waals surface area contributed by atoms with Crippen LogP contribution < -0.4 is 5.32 Å². The third-order valence-corrected chi connectivity index (χ3v) is 6.72. The van der Waals surface area contributed by atoms with Gasteiger partial charge in [-0.05, 0) is 49.5 Å². The molecule has 0 saturated carbocycles. The molecular weight excluding hydrogens is 360 g/mol. The highest BCUT2D eigenvalue weighted by molar-refractivity contribution is 7.98. The van der Waals surface area contributed by atoms with E-state index in [4.69, 9.17) is 15.0 Å². The fourth-order valence-corrected chi connectivity index (χ4v) is 5.36. The molecule has 0 radical (unpaired) electrons. The van der Waals surface area contributed by atoms with E-state index in [-0.39, 0.29) is 0 Å². The highest BCUT2D eigenvalue weighted by Crippen LogP contribution is 2.42. The quantitative estimate of drug-likeness (QED) is 0.325. The second-order valence-electron chi connectivity index (χ2n) is 6.92. The van der Waals surface area contributed by atoms with E-state index in [0.717, 1.165) is 53.5 Å². The molecule has 138 valence electrons. The van der Waals surface area contributed by atoms with Crippen LogP contribution in [0.3, 0.4) is 0 Å². The van der Waals surface area contributed by atoms with Gasteiger partial charge < -0.3 is 5.32 Å². The van der Waals surface area contributed by atoms with Gasteiger partial charge in [0, 0.05) is 17.6 Å². The van der Waals surface area contributed by atoms with E-state index in [2.05, 4.69) is 19.2 Å². The molecule has 3 aromatic heterocycles. The van der Waals surface area contributed by atoms with Gasteiger partial charge in [0.25, 0.3) is 0 Å². The Morgan fingerprint density at radius 1 is 1.08 bits per heavy atom. The highest BCUT2D eigenvalue weighted by atomic mass is 32.2. The van der Waals surface area contributed by atoms with Gasteiger partial charge in [-0.25, -0.2) is 15.0 Å². The molecule has 3 heterocycles. The van der Waals surface area contributed by atoms with Crippen LogP contribution in [0, 0.1) is 0 Å². The maximum absolute atomic E-state index is 5.08. The topological polar surface area (TPSA) is 50.7 Å². The smallest absolute Gasteiger partial charge is 0.189 e. The van der Waals surface area contributed by atoms with Crippen molar-refractivity contribution in [2.45, 2.75) is 63.9 Å². The molecule has 4 nitrogen and oxygen atoms in total. The Kier molecular flexibility index (Phi) is 5.32. The average molecular weight is 387 g/mol. The third-order valence-electron chi connectivity index (χ3n) is 5.09. The molecule has 3 aromatic rings. The number of aryl methyl sites for hydroxylation is 2. The van der Waals surface area contributed by atoms with E-state index in [1.54, 1.807) is 23.1 Å². The number of pyridine rings is 1. The number of hydrogen-bond donors (Lipinski definition) is 1. The first kappa shape index (κ1) is 18.0. The molecular formula is C20H26N4S2. The van der Waals surface area contributed by atoms with Gasteiger partial charge in [-0.15, -0.1) is 11.3 Å². The molecule has 0 bridgehead atoms. The van der Waals surface area contributed by atoms with Crippen LogP contribution in [0.5, 0.6) is 0 Å². The van der Waals surface area contributed by atoms with Gasteiger partial charge in [0.15, 0.2) is 5.16 Å². The van der Waals surface area contributed by atoms with Crippen LogP contribution in [0.4, 0.5) is 5.82 Å². The summed E-state index contributed by atoms with van der Waals surface area (Å²) >= 11 is 3.38. The summed E-state index contributed by atoms with van der Waals surface area (Å²) in [6.45, 7) is 5.41. The first-order valence-electron chi connectivity index (χ1n) is 9.69. The van der Waals surface area contributed by atoms with Crippen molar-refractivity contribution in [3.63, 3.8) is 0 Å². The molecule has 0 aliphatic heterocycles. The number of rotatable bonds is 7. The molecule has 0 atom stereocenters. The number of fused-ring (bicyclic) bond motifs is 5. The van der Waals surface area contributed by atoms with E-state index in [9.17, 15) is 0 Å². The maximum Gasteiger partial charge on any atom is 0.189 e. The van der Waals surface area contributed by atoms with Gasteiger partial charge >= 0.3 is 0 Å². The zero-order valence-corrected chi connectivity index (χ0v) is 17.4. The van der Waals surface area contributed by atoms with E-state index < -0.39 is 0 Å². The Balaban J connectivity index is 1.95. The predicted molar refractivity (Wildman–Crippen MR) is 114 cm³/mol. The average Bonchev–Trinajstić information content (AvgIpc) is 3.26. The third kappa shape index (κ3) is 3.07.